The Morgan fingerprint density at radius 1 is 1.35 bits per heavy atom. The molecule has 1 saturated heterocycles. The second-order valence-electron chi connectivity index (χ2n) is 5.41. The van der Waals surface area contributed by atoms with Gasteiger partial charge in [-0.3, -0.25) is 9.59 Å². The average molecular weight is 346 g/mol. The number of alkyl halides is 3. The molecule has 2 amide bonds. The van der Waals surface area contributed by atoms with Crippen LogP contribution in [-0.4, -0.2) is 40.6 Å². The van der Waals surface area contributed by atoms with Gasteiger partial charge in [-0.2, -0.15) is 13.2 Å². The summed E-state index contributed by atoms with van der Waals surface area (Å²) in [4.78, 5) is 25.1. The van der Waals surface area contributed by atoms with Crippen molar-refractivity contribution in [1.29, 1.82) is 0 Å². The zero-order chi connectivity index (χ0) is 17.2. The van der Waals surface area contributed by atoms with Crippen molar-refractivity contribution in [2.24, 2.45) is 0 Å². The fraction of sp³-hybridized carbons (Fsp3) is 0.467. The number of hydrogen-bond acceptors (Lipinski definition) is 3. The first-order chi connectivity index (χ1) is 10.7. The molecule has 1 aliphatic heterocycles. The largest absolute Gasteiger partial charge is 0.397 e. The third-order valence-electron chi connectivity index (χ3n) is 3.72. The van der Waals surface area contributed by atoms with Crippen LogP contribution in [0, 0.1) is 13.8 Å². The zero-order valence-electron chi connectivity index (χ0n) is 12.7. The van der Waals surface area contributed by atoms with Crippen molar-refractivity contribution in [1.82, 2.24) is 4.90 Å². The number of hydrogen-bond donors (Lipinski definition) is 1. The minimum absolute atomic E-state index is 0.0970. The van der Waals surface area contributed by atoms with Crippen LogP contribution in [0.15, 0.2) is 18.2 Å². The van der Waals surface area contributed by atoms with Gasteiger partial charge in [0.1, 0.15) is 12.5 Å². The summed E-state index contributed by atoms with van der Waals surface area (Å²) in [6.07, 6.45) is -6.11. The van der Waals surface area contributed by atoms with Crippen LogP contribution in [0.25, 0.3) is 0 Å². The summed E-state index contributed by atoms with van der Waals surface area (Å²) in [5, 5.41) is 2.71. The molecule has 0 aliphatic carbocycles. The van der Waals surface area contributed by atoms with Crippen LogP contribution in [0.4, 0.5) is 18.9 Å². The second-order valence-corrected chi connectivity index (χ2v) is 6.41. The van der Waals surface area contributed by atoms with Crippen molar-refractivity contribution in [2.45, 2.75) is 32.5 Å². The maximum Gasteiger partial charge on any atom is 0.397 e. The Morgan fingerprint density at radius 2 is 2.04 bits per heavy atom. The minimum atomic E-state index is -4.57. The fourth-order valence-electron chi connectivity index (χ4n) is 2.28. The topological polar surface area (TPSA) is 49.4 Å². The quantitative estimate of drug-likeness (QED) is 0.915. The summed E-state index contributed by atoms with van der Waals surface area (Å²) in [6, 6.07) is 4.53. The molecule has 1 aliphatic rings. The fourth-order valence-corrected chi connectivity index (χ4v) is 3.46. The van der Waals surface area contributed by atoms with Crippen LogP contribution in [0.5, 0.6) is 0 Å². The van der Waals surface area contributed by atoms with E-state index < -0.39 is 30.5 Å². The van der Waals surface area contributed by atoms with Gasteiger partial charge in [-0.25, -0.2) is 0 Å². The van der Waals surface area contributed by atoms with E-state index in [-0.39, 0.29) is 5.88 Å². The van der Waals surface area contributed by atoms with Gasteiger partial charge in [0.25, 0.3) is 0 Å². The first kappa shape index (κ1) is 17.7. The first-order valence-electron chi connectivity index (χ1n) is 7.00. The Hall–Kier alpha value is -1.70. The van der Waals surface area contributed by atoms with E-state index >= 15 is 0 Å². The van der Waals surface area contributed by atoms with Crippen molar-refractivity contribution in [3.8, 4) is 0 Å². The third kappa shape index (κ3) is 4.40. The van der Waals surface area contributed by atoms with Gasteiger partial charge in [-0.05, 0) is 31.0 Å². The van der Waals surface area contributed by atoms with Crippen molar-refractivity contribution in [3.05, 3.63) is 29.3 Å². The number of nitrogens with zero attached hydrogens (tertiary/aromatic N) is 1. The number of carbonyl (C=O) groups excluding carboxylic acids is 2. The van der Waals surface area contributed by atoms with E-state index in [0.717, 1.165) is 16.0 Å². The highest BCUT2D eigenvalue weighted by atomic mass is 32.2. The molecular weight excluding hydrogens is 329 g/mol. The molecule has 0 spiro atoms. The number of rotatable bonds is 3. The summed E-state index contributed by atoms with van der Waals surface area (Å²) in [5.74, 6) is -1.14. The molecule has 126 valence electrons. The van der Waals surface area contributed by atoms with Gasteiger partial charge in [-0.1, -0.05) is 12.1 Å². The van der Waals surface area contributed by atoms with E-state index in [1.807, 2.05) is 19.9 Å². The van der Waals surface area contributed by atoms with E-state index in [2.05, 4.69) is 5.32 Å². The van der Waals surface area contributed by atoms with Crippen LogP contribution in [0.2, 0.25) is 0 Å². The van der Waals surface area contributed by atoms with Crippen molar-refractivity contribution >= 4 is 29.3 Å². The Balaban J connectivity index is 2.09. The summed E-state index contributed by atoms with van der Waals surface area (Å²) < 4.78 is 37.1. The normalized spacial score (nSPS) is 18.1. The van der Waals surface area contributed by atoms with Crippen LogP contribution < -0.4 is 5.32 Å². The molecule has 0 aromatic heterocycles. The van der Waals surface area contributed by atoms with Gasteiger partial charge in [0.2, 0.25) is 11.8 Å². The van der Waals surface area contributed by atoms with Gasteiger partial charge in [0.15, 0.2) is 0 Å². The van der Waals surface area contributed by atoms with Crippen molar-refractivity contribution < 1.29 is 22.8 Å². The molecule has 0 saturated carbocycles. The lowest BCUT2D eigenvalue weighted by atomic mass is 10.1. The van der Waals surface area contributed by atoms with Crippen LogP contribution >= 0.6 is 11.8 Å². The third-order valence-corrected chi connectivity index (χ3v) is 4.73. The summed E-state index contributed by atoms with van der Waals surface area (Å²) in [7, 11) is 0. The zero-order valence-corrected chi connectivity index (χ0v) is 13.6. The van der Waals surface area contributed by atoms with E-state index in [4.69, 9.17) is 0 Å². The minimum Gasteiger partial charge on any atom is -0.324 e. The monoisotopic (exact) mass is 346 g/mol. The number of carbonyl (C=O) groups is 2. The SMILES string of the molecule is Cc1cccc(NC(=O)C2CSCN2C(=O)CC(F)(F)F)c1C. The predicted molar refractivity (Wildman–Crippen MR) is 83.2 cm³/mol. The number of thioether (sulfide) groups is 1. The molecule has 8 heteroatoms. The van der Waals surface area contributed by atoms with E-state index in [1.54, 1.807) is 12.1 Å². The van der Waals surface area contributed by atoms with Gasteiger partial charge in [-0.15, -0.1) is 11.8 Å². The number of benzene rings is 1. The maximum absolute atomic E-state index is 12.4. The number of nitrogens with one attached hydrogen (secondary N) is 1. The number of halogens is 3. The Kier molecular flexibility index (Phi) is 5.23. The van der Waals surface area contributed by atoms with Gasteiger partial charge in [0.05, 0.1) is 5.88 Å². The summed E-state index contributed by atoms with van der Waals surface area (Å²) in [5.41, 5.74) is 2.49. The van der Waals surface area contributed by atoms with Crippen LogP contribution in [0.1, 0.15) is 17.5 Å². The van der Waals surface area contributed by atoms with E-state index in [0.29, 0.717) is 11.4 Å². The molecule has 0 radical (unpaired) electrons. The number of aryl methyl sites for hydroxylation is 1. The number of anilines is 1. The molecule has 1 aromatic carbocycles. The van der Waals surface area contributed by atoms with E-state index in [9.17, 15) is 22.8 Å². The van der Waals surface area contributed by atoms with Crippen LogP contribution in [0.3, 0.4) is 0 Å². The Labute approximate surface area is 136 Å². The molecule has 1 N–H and O–H groups in total. The predicted octanol–water partition coefficient (Wildman–Crippen LogP) is 3.10. The van der Waals surface area contributed by atoms with Crippen LogP contribution in [-0.2, 0) is 9.59 Å². The smallest absolute Gasteiger partial charge is 0.324 e. The second kappa shape index (κ2) is 6.82. The Morgan fingerprint density at radius 3 is 2.70 bits per heavy atom. The standard InChI is InChI=1S/C15H17F3N2O2S/c1-9-4-3-5-11(10(9)2)19-14(22)12-7-23-8-20(12)13(21)6-15(16,17)18/h3-5,12H,6-8H2,1-2H3,(H,19,22). The van der Waals surface area contributed by atoms with E-state index in [1.165, 1.54) is 11.8 Å². The average Bonchev–Trinajstić information content (AvgIpc) is 2.91. The highest BCUT2D eigenvalue weighted by Crippen LogP contribution is 2.28. The molecule has 1 fully saturated rings. The molecule has 1 atom stereocenters. The molecule has 1 heterocycles. The first-order valence-corrected chi connectivity index (χ1v) is 8.15. The Bertz CT molecular complexity index is 619. The van der Waals surface area contributed by atoms with Gasteiger partial charge >= 0.3 is 6.18 Å². The van der Waals surface area contributed by atoms with Crippen molar-refractivity contribution in [2.75, 3.05) is 16.9 Å². The molecule has 4 nitrogen and oxygen atoms in total. The summed E-state index contributed by atoms with van der Waals surface area (Å²) in [6.45, 7) is 3.75. The summed E-state index contributed by atoms with van der Waals surface area (Å²) >= 11 is 1.27. The molecule has 1 aromatic rings. The lowest BCUT2D eigenvalue weighted by Crippen LogP contribution is -2.45. The molecule has 23 heavy (non-hydrogen) atoms. The molecular formula is C15H17F3N2O2S. The lowest BCUT2D eigenvalue weighted by Gasteiger charge is -2.24. The highest BCUT2D eigenvalue weighted by molar-refractivity contribution is 7.99. The lowest BCUT2D eigenvalue weighted by molar-refractivity contribution is -0.162. The highest BCUT2D eigenvalue weighted by Gasteiger charge is 2.40. The van der Waals surface area contributed by atoms with Gasteiger partial charge < -0.3 is 10.2 Å². The number of amides is 2. The maximum atomic E-state index is 12.4. The van der Waals surface area contributed by atoms with Crippen molar-refractivity contribution in [3.63, 3.8) is 0 Å². The molecule has 1 unspecified atom stereocenters. The molecule has 2 rings (SSSR count). The molecule has 0 bridgehead atoms. The van der Waals surface area contributed by atoms with Gasteiger partial charge in [0, 0.05) is 11.4 Å².